The van der Waals surface area contributed by atoms with Crippen LogP contribution in [-0.4, -0.2) is 43.3 Å². The predicted octanol–water partition coefficient (Wildman–Crippen LogP) is 4.34. The molecule has 7 heteroatoms. The standard InChI is InChI=1S/C24H28N2O5/c1-16-8-6-7-9-21(16)29-13-12-26(4)24(27)19-10-11-22(23(14-19)28-5)30-15-20-17(2)25-31-18(20)3/h6-11,14H,12-13,15H2,1-5H3. The van der Waals surface area contributed by atoms with Crippen molar-refractivity contribution in [1.82, 2.24) is 10.1 Å². The molecule has 3 aromatic rings. The average Bonchev–Trinajstić information content (AvgIpc) is 3.10. The lowest BCUT2D eigenvalue weighted by atomic mass is 10.1. The molecule has 0 saturated heterocycles. The highest BCUT2D eigenvalue weighted by Gasteiger charge is 2.16. The van der Waals surface area contributed by atoms with Gasteiger partial charge in [0.05, 0.1) is 24.9 Å². The van der Waals surface area contributed by atoms with E-state index in [1.165, 1.54) is 0 Å². The number of aryl methyl sites for hydroxylation is 3. The number of hydrogen-bond donors (Lipinski definition) is 0. The summed E-state index contributed by atoms with van der Waals surface area (Å²) in [5.41, 5.74) is 3.27. The number of ether oxygens (including phenoxy) is 3. The normalized spacial score (nSPS) is 10.6. The van der Waals surface area contributed by atoms with Gasteiger partial charge in [-0.05, 0) is 50.6 Å². The van der Waals surface area contributed by atoms with Crippen LogP contribution in [0.1, 0.15) is 32.9 Å². The molecule has 0 unspecified atom stereocenters. The van der Waals surface area contributed by atoms with Crippen LogP contribution in [-0.2, 0) is 6.61 Å². The van der Waals surface area contributed by atoms with Crippen LogP contribution in [0.25, 0.3) is 0 Å². The van der Waals surface area contributed by atoms with Crippen molar-refractivity contribution in [3.8, 4) is 17.2 Å². The van der Waals surface area contributed by atoms with E-state index in [0.29, 0.717) is 36.8 Å². The number of benzene rings is 2. The summed E-state index contributed by atoms with van der Waals surface area (Å²) in [5, 5.41) is 3.93. The lowest BCUT2D eigenvalue weighted by molar-refractivity contribution is 0.0773. The molecule has 0 bridgehead atoms. The molecule has 164 valence electrons. The number of nitrogens with zero attached hydrogens (tertiary/aromatic N) is 2. The number of methoxy groups -OCH3 is 1. The van der Waals surface area contributed by atoms with Crippen LogP contribution < -0.4 is 14.2 Å². The van der Waals surface area contributed by atoms with Crippen LogP contribution in [0.15, 0.2) is 47.0 Å². The predicted molar refractivity (Wildman–Crippen MR) is 117 cm³/mol. The van der Waals surface area contributed by atoms with E-state index in [1.807, 2.05) is 45.0 Å². The Morgan fingerprint density at radius 3 is 2.48 bits per heavy atom. The Balaban J connectivity index is 1.61. The monoisotopic (exact) mass is 424 g/mol. The van der Waals surface area contributed by atoms with Crippen LogP contribution in [0.5, 0.6) is 17.2 Å². The molecule has 31 heavy (non-hydrogen) atoms. The Labute approximate surface area is 182 Å². The quantitative estimate of drug-likeness (QED) is 0.509. The molecule has 0 aliphatic heterocycles. The molecule has 0 aliphatic carbocycles. The van der Waals surface area contributed by atoms with Crippen molar-refractivity contribution >= 4 is 5.91 Å². The molecule has 0 aliphatic rings. The molecule has 0 saturated carbocycles. The maximum atomic E-state index is 12.8. The minimum Gasteiger partial charge on any atom is -0.493 e. The second-order valence-electron chi connectivity index (χ2n) is 7.30. The number of carbonyl (C=O) groups excluding carboxylic acids is 1. The number of likely N-dealkylation sites (N-methyl/N-ethyl adjacent to an activating group) is 1. The molecule has 1 amide bonds. The Morgan fingerprint density at radius 1 is 1.03 bits per heavy atom. The van der Waals surface area contributed by atoms with Crippen molar-refractivity contribution in [1.29, 1.82) is 0 Å². The zero-order valence-corrected chi connectivity index (χ0v) is 18.6. The molecule has 0 N–H and O–H groups in total. The van der Waals surface area contributed by atoms with Gasteiger partial charge in [0, 0.05) is 12.6 Å². The van der Waals surface area contributed by atoms with E-state index >= 15 is 0 Å². The lowest BCUT2D eigenvalue weighted by Crippen LogP contribution is -2.31. The first-order chi connectivity index (χ1) is 14.9. The summed E-state index contributed by atoms with van der Waals surface area (Å²) in [6.45, 7) is 6.87. The Morgan fingerprint density at radius 2 is 1.81 bits per heavy atom. The lowest BCUT2D eigenvalue weighted by Gasteiger charge is -2.19. The van der Waals surface area contributed by atoms with E-state index in [1.54, 1.807) is 37.3 Å². The van der Waals surface area contributed by atoms with E-state index in [9.17, 15) is 4.79 Å². The van der Waals surface area contributed by atoms with Gasteiger partial charge in [-0.15, -0.1) is 0 Å². The fraction of sp³-hybridized carbons (Fsp3) is 0.333. The van der Waals surface area contributed by atoms with Crippen LogP contribution >= 0.6 is 0 Å². The Hall–Kier alpha value is -3.48. The van der Waals surface area contributed by atoms with Crippen molar-refractivity contribution in [3.05, 3.63) is 70.6 Å². The summed E-state index contributed by atoms with van der Waals surface area (Å²) in [7, 11) is 3.30. The zero-order valence-electron chi connectivity index (χ0n) is 18.6. The van der Waals surface area contributed by atoms with Gasteiger partial charge in [0.25, 0.3) is 5.91 Å². The van der Waals surface area contributed by atoms with Crippen molar-refractivity contribution in [3.63, 3.8) is 0 Å². The number of amides is 1. The zero-order chi connectivity index (χ0) is 22.4. The summed E-state index contributed by atoms with van der Waals surface area (Å²) in [6, 6.07) is 13.0. The highest BCUT2D eigenvalue weighted by molar-refractivity contribution is 5.94. The first-order valence-corrected chi connectivity index (χ1v) is 10.1. The summed E-state index contributed by atoms with van der Waals surface area (Å²) < 4.78 is 22.3. The fourth-order valence-electron chi connectivity index (χ4n) is 3.11. The summed E-state index contributed by atoms with van der Waals surface area (Å²) >= 11 is 0. The highest BCUT2D eigenvalue weighted by Crippen LogP contribution is 2.30. The van der Waals surface area contributed by atoms with Gasteiger partial charge in [-0.2, -0.15) is 0 Å². The Kier molecular flexibility index (Phi) is 7.18. The van der Waals surface area contributed by atoms with Crippen molar-refractivity contribution in [2.75, 3.05) is 27.3 Å². The minimum atomic E-state index is -0.121. The summed E-state index contributed by atoms with van der Waals surface area (Å²) in [5.74, 6) is 2.46. The number of para-hydroxylation sites is 1. The first-order valence-electron chi connectivity index (χ1n) is 10.1. The van der Waals surface area contributed by atoms with Crippen LogP contribution in [0.3, 0.4) is 0 Å². The van der Waals surface area contributed by atoms with Crippen LogP contribution in [0.2, 0.25) is 0 Å². The average molecular weight is 424 g/mol. The molecule has 0 spiro atoms. The second kappa shape index (κ2) is 10.0. The minimum absolute atomic E-state index is 0.121. The third kappa shape index (κ3) is 5.36. The number of rotatable bonds is 9. The smallest absolute Gasteiger partial charge is 0.253 e. The first kappa shape index (κ1) is 22.2. The number of carbonyl (C=O) groups is 1. The van der Waals surface area contributed by atoms with E-state index in [-0.39, 0.29) is 5.91 Å². The highest BCUT2D eigenvalue weighted by atomic mass is 16.5. The maximum absolute atomic E-state index is 12.8. The molecule has 7 nitrogen and oxygen atoms in total. The van der Waals surface area contributed by atoms with Gasteiger partial charge in [-0.25, -0.2) is 0 Å². The molecule has 3 rings (SSSR count). The van der Waals surface area contributed by atoms with Gasteiger partial charge < -0.3 is 23.6 Å². The van der Waals surface area contributed by atoms with E-state index in [0.717, 1.165) is 28.3 Å². The van der Waals surface area contributed by atoms with Crippen molar-refractivity contribution in [2.24, 2.45) is 0 Å². The molecule has 0 fully saturated rings. The fourth-order valence-corrected chi connectivity index (χ4v) is 3.11. The third-order valence-corrected chi connectivity index (χ3v) is 5.09. The number of hydrogen-bond acceptors (Lipinski definition) is 6. The molecular weight excluding hydrogens is 396 g/mol. The van der Waals surface area contributed by atoms with E-state index in [2.05, 4.69) is 5.16 Å². The molecule has 1 aromatic heterocycles. The summed E-state index contributed by atoms with van der Waals surface area (Å²) in [6.07, 6.45) is 0. The molecular formula is C24H28N2O5. The third-order valence-electron chi connectivity index (χ3n) is 5.09. The van der Waals surface area contributed by atoms with Crippen LogP contribution in [0, 0.1) is 20.8 Å². The van der Waals surface area contributed by atoms with Gasteiger partial charge in [0.2, 0.25) is 0 Å². The summed E-state index contributed by atoms with van der Waals surface area (Å²) in [4.78, 5) is 14.4. The molecule has 0 atom stereocenters. The van der Waals surface area contributed by atoms with Gasteiger partial charge in [-0.3, -0.25) is 4.79 Å². The molecule has 1 heterocycles. The van der Waals surface area contributed by atoms with Gasteiger partial charge >= 0.3 is 0 Å². The van der Waals surface area contributed by atoms with Crippen molar-refractivity contribution in [2.45, 2.75) is 27.4 Å². The second-order valence-corrected chi connectivity index (χ2v) is 7.30. The maximum Gasteiger partial charge on any atom is 0.253 e. The Bertz CT molecular complexity index is 1020. The topological polar surface area (TPSA) is 74.0 Å². The number of aromatic nitrogens is 1. The van der Waals surface area contributed by atoms with Gasteiger partial charge in [-0.1, -0.05) is 23.4 Å². The molecule has 2 aromatic carbocycles. The SMILES string of the molecule is COc1cc(C(=O)N(C)CCOc2ccccc2C)ccc1OCc1c(C)noc1C. The largest absolute Gasteiger partial charge is 0.493 e. The van der Waals surface area contributed by atoms with Gasteiger partial charge in [0.15, 0.2) is 11.5 Å². The van der Waals surface area contributed by atoms with E-state index < -0.39 is 0 Å². The van der Waals surface area contributed by atoms with Crippen molar-refractivity contribution < 1.29 is 23.5 Å². The van der Waals surface area contributed by atoms with Gasteiger partial charge in [0.1, 0.15) is 24.7 Å². The molecule has 0 radical (unpaired) electrons. The van der Waals surface area contributed by atoms with Crippen LogP contribution in [0.4, 0.5) is 0 Å². The van der Waals surface area contributed by atoms with E-state index in [4.69, 9.17) is 18.7 Å².